The Labute approximate surface area is 278 Å². The van der Waals surface area contributed by atoms with Crippen LogP contribution in [-0.4, -0.2) is 84.0 Å². The number of fused-ring (bicyclic) bond motifs is 1. The number of aliphatic hydroxyl groups is 1. The molecule has 0 radical (unpaired) electrons. The summed E-state index contributed by atoms with van der Waals surface area (Å²) in [6.07, 6.45) is 2.17. The van der Waals surface area contributed by atoms with E-state index in [1.807, 2.05) is 49.4 Å². The van der Waals surface area contributed by atoms with Crippen LogP contribution < -0.4 is 9.47 Å². The Bertz CT molecular complexity index is 1760. The molecule has 46 heavy (non-hydrogen) atoms. The molecule has 0 unspecified atom stereocenters. The Balaban J connectivity index is 1.32. The molecule has 6 rings (SSSR count). The third-order valence-electron chi connectivity index (χ3n) is 8.44. The van der Waals surface area contributed by atoms with Crippen LogP contribution in [0, 0.1) is 0 Å². The highest BCUT2D eigenvalue weighted by Crippen LogP contribution is 2.44. The molecule has 0 amide bonds. The lowest BCUT2D eigenvalue weighted by atomic mass is 9.92. The second-order valence-electron chi connectivity index (χ2n) is 11.5. The standard InChI is InChI=1S/C35H36Cl2N4O5/c1-4-46-32(43)20-40-12-11-24-22(16-40)13-21(14-31(24)44-2)25-7-5-8-26(33(25)36)27-9-6-10-28(34(27)37)29-15-38-30(35(39-29)45-3)19-41-17-23(42)18-41/h5-10,13-15,23,42H,4,11-12,16-20H2,1-3H3. The van der Waals surface area contributed by atoms with Crippen molar-refractivity contribution in [3.63, 3.8) is 0 Å². The molecule has 4 aromatic rings. The number of carbonyl (C=O) groups excluding carboxylic acids is 1. The number of ether oxygens (including phenoxy) is 3. The molecule has 9 nitrogen and oxygen atoms in total. The van der Waals surface area contributed by atoms with Crippen LogP contribution in [0.4, 0.5) is 0 Å². The van der Waals surface area contributed by atoms with Gasteiger partial charge in [0.25, 0.3) is 0 Å². The predicted octanol–water partition coefficient (Wildman–Crippen LogP) is 5.90. The fourth-order valence-corrected chi connectivity index (χ4v) is 6.82. The fourth-order valence-electron chi connectivity index (χ4n) is 6.16. The van der Waals surface area contributed by atoms with Crippen molar-refractivity contribution in [1.29, 1.82) is 0 Å². The molecule has 1 aromatic heterocycles. The smallest absolute Gasteiger partial charge is 0.320 e. The van der Waals surface area contributed by atoms with E-state index in [0.717, 1.165) is 52.1 Å². The van der Waals surface area contributed by atoms with Gasteiger partial charge < -0.3 is 19.3 Å². The highest BCUT2D eigenvalue weighted by Gasteiger charge is 2.27. The number of halogens is 2. The van der Waals surface area contributed by atoms with Crippen LogP contribution in [0.2, 0.25) is 10.0 Å². The Morgan fingerprint density at radius 3 is 2.35 bits per heavy atom. The lowest BCUT2D eigenvalue weighted by Crippen LogP contribution is -2.50. The van der Waals surface area contributed by atoms with Crippen molar-refractivity contribution in [3.05, 3.63) is 81.6 Å². The Morgan fingerprint density at radius 1 is 0.978 bits per heavy atom. The number of aromatic nitrogens is 2. The average molecular weight is 664 g/mol. The average Bonchev–Trinajstić information content (AvgIpc) is 3.04. The van der Waals surface area contributed by atoms with Crippen LogP contribution in [0.3, 0.4) is 0 Å². The van der Waals surface area contributed by atoms with E-state index < -0.39 is 0 Å². The van der Waals surface area contributed by atoms with Gasteiger partial charge in [0.2, 0.25) is 5.88 Å². The summed E-state index contributed by atoms with van der Waals surface area (Å²) in [7, 11) is 3.24. The maximum Gasteiger partial charge on any atom is 0.320 e. The summed E-state index contributed by atoms with van der Waals surface area (Å²) in [5.41, 5.74) is 7.50. The van der Waals surface area contributed by atoms with Crippen LogP contribution >= 0.6 is 23.2 Å². The zero-order valence-electron chi connectivity index (χ0n) is 26.1. The first kappa shape index (κ1) is 32.2. The van der Waals surface area contributed by atoms with Gasteiger partial charge in [-0.15, -0.1) is 0 Å². The van der Waals surface area contributed by atoms with Crippen LogP contribution in [-0.2, 0) is 29.0 Å². The van der Waals surface area contributed by atoms with E-state index in [1.165, 1.54) is 0 Å². The van der Waals surface area contributed by atoms with Crippen molar-refractivity contribution in [2.75, 3.05) is 47.0 Å². The zero-order valence-corrected chi connectivity index (χ0v) is 27.6. The van der Waals surface area contributed by atoms with Gasteiger partial charge in [-0.25, -0.2) is 4.98 Å². The molecule has 11 heteroatoms. The normalized spacial score (nSPS) is 15.3. The maximum atomic E-state index is 12.2. The number of likely N-dealkylation sites (tertiary alicyclic amines) is 1. The molecule has 3 heterocycles. The van der Waals surface area contributed by atoms with Crippen molar-refractivity contribution in [2.24, 2.45) is 0 Å². The zero-order chi connectivity index (χ0) is 32.4. The first-order valence-electron chi connectivity index (χ1n) is 15.3. The Kier molecular flexibility index (Phi) is 9.77. The monoisotopic (exact) mass is 662 g/mol. The van der Waals surface area contributed by atoms with Crippen LogP contribution in [0.15, 0.2) is 54.7 Å². The Hall–Kier alpha value is -3.73. The summed E-state index contributed by atoms with van der Waals surface area (Å²) >= 11 is 14.2. The quantitative estimate of drug-likeness (QED) is 0.208. The van der Waals surface area contributed by atoms with Crippen molar-refractivity contribution >= 4 is 29.2 Å². The van der Waals surface area contributed by atoms with Gasteiger partial charge >= 0.3 is 5.97 Å². The van der Waals surface area contributed by atoms with Gasteiger partial charge in [-0.1, -0.05) is 59.6 Å². The third-order valence-corrected chi connectivity index (χ3v) is 9.26. The minimum absolute atomic E-state index is 0.225. The molecule has 0 spiro atoms. The number of hydrogen-bond donors (Lipinski definition) is 1. The first-order chi connectivity index (χ1) is 22.3. The summed E-state index contributed by atoms with van der Waals surface area (Å²) in [6.45, 7) is 5.52. The van der Waals surface area contributed by atoms with E-state index in [9.17, 15) is 9.90 Å². The molecule has 1 fully saturated rings. The maximum absolute atomic E-state index is 12.2. The van der Waals surface area contributed by atoms with Crippen molar-refractivity contribution < 1.29 is 24.1 Å². The van der Waals surface area contributed by atoms with E-state index >= 15 is 0 Å². The van der Waals surface area contributed by atoms with Gasteiger partial charge in [0.1, 0.15) is 11.4 Å². The van der Waals surface area contributed by atoms with Gasteiger partial charge in [-0.2, -0.15) is 0 Å². The van der Waals surface area contributed by atoms with Crippen molar-refractivity contribution in [2.45, 2.75) is 32.5 Å². The second kappa shape index (κ2) is 13.9. The number of nitrogens with zero attached hydrogens (tertiary/aromatic N) is 4. The number of rotatable bonds is 10. The van der Waals surface area contributed by atoms with Crippen molar-refractivity contribution in [3.8, 4) is 45.1 Å². The molecule has 240 valence electrons. The van der Waals surface area contributed by atoms with Gasteiger partial charge in [0, 0.05) is 55.0 Å². The van der Waals surface area contributed by atoms with Gasteiger partial charge in [0.05, 0.1) is 55.4 Å². The molecule has 0 saturated carbocycles. The first-order valence-corrected chi connectivity index (χ1v) is 16.0. The van der Waals surface area contributed by atoms with Gasteiger partial charge in [0.15, 0.2) is 0 Å². The SMILES string of the molecule is CCOC(=O)CN1CCc2c(cc(-c3cccc(-c4cccc(-c5cnc(CN6CC(O)C6)c(OC)n5)c4Cl)c3Cl)cc2OC)C1. The third kappa shape index (κ3) is 6.56. The van der Waals surface area contributed by atoms with Crippen LogP contribution in [0.5, 0.6) is 11.6 Å². The highest BCUT2D eigenvalue weighted by molar-refractivity contribution is 6.39. The summed E-state index contributed by atoms with van der Waals surface area (Å²) in [5.74, 6) is 0.991. The second-order valence-corrected chi connectivity index (χ2v) is 12.2. The summed E-state index contributed by atoms with van der Waals surface area (Å²) in [5, 5.41) is 10.7. The topological polar surface area (TPSA) is 97.3 Å². The molecule has 1 saturated heterocycles. The number of esters is 1. The highest BCUT2D eigenvalue weighted by atomic mass is 35.5. The van der Waals surface area contributed by atoms with Crippen LogP contribution in [0.1, 0.15) is 23.7 Å². The lowest BCUT2D eigenvalue weighted by molar-refractivity contribution is -0.144. The summed E-state index contributed by atoms with van der Waals surface area (Å²) in [4.78, 5) is 25.7. The number of aliphatic hydroxyl groups excluding tert-OH is 1. The van der Waals surface area contributed by atoms with E-state index in [1.54, 1.807) is 20.4 Å². The number of hydrogen-bond acceptors (Lipinski definition) is 9. The number of benzene rings is 3. The van der Waals surface area contributed by atoms with E-state index in [4.69, 9.17) is 42.4 Å². The minimum atomic E-state index is -0.299. The fraction of sp³-hybridized carbons (Fsp3) is 0.343. The molecule has 2 aliphatic heterocycles. The van der Waals surface area contributed by atoms with E-state index in [-0.39, 0.29) is 18.6 Å². The van der Waals surface area contributed by atoms with Gasteiger partial charge in [-0.05, 0) is 42.2 Å². The molecular formula is C35H36Cl2N4O5. The van der Waals surface area contributed by atoms with Crippen LogP contribution in [0.25, 0.3) is 33.5 Å². The minimum Gasteiger partial charge on any atom is -0.496 e. The molecule has 2 aliphatic rings. The Morgan fingerprint density at radius 2 is 1.67 bits per heavy atom. The number of β-amino-alcohol motifs (C(OH)–C–C–N with tert-alkyl or cyclic N) is 1. The molecule has 0 bridgehead atoms. The van der Waals surface area contributed by atoms with E-state index in [2.05, 4.69) is 20.9 Å². The predicted molar refractivity (Wildman–Crippen MR) is 178 cm³/mol. The largest absolute Gasteiger partial charge is 0.496 e. The molecule has 0 atom stereocenters. The molecule has 3 aromatic carbocycles. The molecule has 1 N–H and O–H groups in total. The van der Waals surface area contributed by atoms with E-state index in [0.29, 0.717) is 65.7 Å². The van der Waals surface area contributed by atoms with Gasteiger partial charge in [-0.3, -0.25) is 19.6 Å². The summed E-state index contributed by atoms with van der Waals surface area (Å²) < 4.78 is 16.6. The number of carbonyl (C=O) groups is 1. The summed E-state index contributed by atoms with van der Waals surface area (Å²) in [6, 6.07) is 15.8. The molecule has 0 aliphatic carbocycles. The molecular weight excluding hydrogens is 627 g/mol. The number of methoxy groups -OCH3 is 2. The van der Waals surface area contributed by atoms with Crippen molar-refractivity contribution in [1.82, 2.24) is 19.8 Å². The lowest BCUT2D eigenvalue weighted by Gasteiger charge is -2.35.